The van der Waals surface area contributed by atoms with Gasteiger partial charge in [-0.2, -0.15) is 0 Å². The van der Waals surface area contributed by atoms with Crippen molar-refractivity contribution < 1.29 is 10.2 Å². The standard InChI is InChI=1S/C17H30O2/c1-2-3-4-5-6-7-8-9-10-11-12-13-14-15-16-17(18)19/h12-16,18-19H,2-11H2,1H3. The summed E-state index contributed by atoms with van der Waals surface area (Å²) in [5, 5.41) is 17.0. The topological polar surface area (TPSA) is 40.5 Å². The fraction of sp³-hybridized carbons (Fsp3) is 0.647. The molecule has 0 fully saturated rings. The second kappa shape index (κ2) is 14.9. The molecule has 0 aliphatic carbocycles. The lowest BCUT2D eigenvalue weighted by Crippen LogP contribution is -1.80. The van der Waals surface area contributed by atoms with Crippen LogP contribution in [0.3, 0.4) is 0 Å². The summed E-state index contributed by atoms with van der Waals surface area (Å²) in [4.78, 5) is 0. The summed E-state index contributed by atoms with van der Waals surface area (Å²) in [5.74, 6) is -0.649. The molecule has 0 aromatic rings. The van der Waals surface area contributed by atoms with Crippen molar-refractivity contribution in [2.24, 2.45) is 0 Å². The van der Waals surface area contributed by atoms with E-state index in [2.05, 4.69) is 13.0 Å². The molecule has 0 unspecified atom stereocenters. The van der Waals surface area contributed by atoms with Gasteiger partial charge in [0, 0.05) is 6.08 Å². The van der Waals surface area contributed by atoms with Gasteiger partial charge < -0.3 is 10.2 Å². The van der Waals surface area contributed by atoms with Gasteiger partial charge in [-0.3, -0.25) is 0 Å². The number of allylic oxidation sites excluding steroid dienone is 5. The summed E-state index contributed by atoms with van der Waals surface area (Å²) in [6.45, 7) is 2.26. The highest BCUT2D eigenvalue weighted by Gasteiger charge is 1.90. The van der Waals surface area contributed by atoms with E-state index in [0.717, 1.165) is 6.42 Å². The molecule has 19 heavy (non-hydrogen) atoms. The van der Waals surface area contributed by atoms with Crippen molar-refractivity contribution in [2.45, 2.75) is 71.1 Å². The Bertz CT molecular complexity index is 260. The number of aliphatic hydroxyl groups is 2. The maximum absolute atomic E-state index is 8.48. The molecule has 0 rings (SSSR count). The van der Waals surface area contributed by atoms with E-state index in [-0.39, 0.29) is 0 Å². The van der Waals surface area contributed by atoms with Crippen LogP contribution in [0.5, 0.6) is 0 Å². The number of hydrogen-bond donors (Lipinski definition) is 2. The number of rotatable bonds is 12. The summed E-state index contributed by atoms with van der Waals surface area (Å²) in [6.07, 6.45) is 22.1. The zero-order valence-corrected chi connectivity index (χ0v) is 12.4. The Hall–Kier alpha value is -1.18. The molecule has 0 bridgehead atoms. The zero-order chi connectivity index (χ0) is 14.2. The maximum Gasteiger partial charge on any atom is 0.274 e. The Morgan fingerprint density at radius 1 is 0.737 bits per heavy atom. The minimum absolute atomic E-state index is 0.649. The van der Waals surface area contributed by atoms with E-state index in [1.54, 1.807) is 12.2 Å². The first-order valence-electron chi connectivity index (χ1n) is 7.68. The fourth-order valence-corrected chi connectivity index (χ4v) is 1.95. The van der Waals surface area contributed by atoms with Crippen LogP contribution in [0.25, 0.3) is 0 Å². The van der Waals surface area contributed by atoms with Crippen molar-refractivity contribution >= 4 is 0 Å². The quantitative estimate of drug-likeness (QED) is 0.259. The van der Waals surface area contributed by atoms with Crippen LogP contribution in [-0.4, -0.2) is 10.2 Å². The molecule has 2 N–H and O–H groups in total. The summed E-state index contributed by atoms with van der Waals surface area (Å²) < 4.78 is 0. The van der Waals surface area contributed by atoms with E-state index in [4.69, 9.17) is 10.2 Å². The van der Waals surface area contributed by atoms with Crippen LogP contribution in [-0.2, 0) is 0 Å². The van der Waals surface area contributed by atoms with Crippen LogP contribution in [0.1, 0.15) is 71.1 Å². The highest BCUT2D eigenvalue weighted by molar-refractivity contribution is 5.10. The van der Waals surface area contributed by atoms with Crippen LogP contribution >= 0.6 is 0 Å². The lowest BCUT2D eigenvalue weighted by Gasteiger charge is -2.00. The third-order valence-electron chi connectivity index (χ3n) is 3.08. The summed E-state index contributed by atoms with van der Waals surface area (Å²) >= 11 is 0. The van der Waals surface area contributed by atoms with E-state index in [0.29, 0.717) is 0 Å². The molecule has 110 valence electrons. The molecule has 2 heteroatoms. The maximum atomic E-state index is 8.48. The van der Waals surface area contributed by atoms with Gasteiger partial charge in [-0.15, -0.1) is 0 Å². The largest absolute Gasteiger partial charge is 0.481 e. The van der Waals surface area contributed by atoms with E-state index in [1.165, 1.54) is 63.9 Å². The van der Waals surface area contributed by atoms with Gasteiger partial charge in [0.05, 0.1) is 0 Å². The van der Waals surface area contributed by atoms with Crippen LogP contribution in [0.15, 0.2) is 36.3 Å². The molecule has 0 aromatic carbocycles. The SMILES string of the molecule is CCCCCCCCCCCC=CC=CC=C(O)O. The Kier molecular flexibility index (Phi) is 14.0. The molecule has 0 radical (unpaired) electrons. The van der Waals surface area contributed by atoms with Gasteiger partial charge in [-0.1, -0.05) is 82.6 Å². The molecular weight excluding hydrogens is 236 g/mol. The first-order chi connectivity index (χ1) is 9.27. The number of hydrogen-bond acceptors (Lipinski definition) is 2. The molecule has 2 nitrogen and oxygen atoms in total. The summed E-state index contributed by atoms with van der Waals surface area (Å²) in [5.41, 5.74) is 0. The number of aliphatic hydroxyl groups excluding tert-OH is 1. The monoisotopic (exact) mass is 266 g/mol. The van der Waals surface area contributed by atoms with Crippen molar-refractivity contribution in [2.75, 3.05) is 0 Å². The van der Waals surface area contributed by atoms with E-state index in [1.807, 2.05) is 6.08 Å². The van der Waals surface area contributed by atoms with E-state index >= 15 is 0 Å². The minimum atomic E-state index is -0.649. The average Bonchev–Trinajstić information content (AvgIpc) is 2.39. The second-order valence-corrected chi connectivity index (χ2v) is 4.96. The van der Waals surface area contributed by atoms with Crippen LogP contribution < -0.4 is 0 Å². The van der Waals surface area contributed by atoms with E-state index < -0.39 is 5.95 Å². The predicted octanol–water partition coefficient (Wildman–Crippen LogP) is 5.98. The molecule has 0 saturated carbocycles. The van der Waals surface area contributed by atoms with Gasteiger partial charge in [-0.25, -0.2) is 0 Å². The normalized spacial score (nSPS) is 11.4. The first-order valence-corrected chi connectivity index (χ1v) is 7.68. The molecular formula is C17H30O2. The third-order valence-corrected chi connectivity index (χ3v) is 3.08. The van der Waals surface area contributed by atoms with Gasteiger partial charge in [0.2, 0.25) is 0 Å². The lowest BCUT2D eigenvalue weighted by molar-refractivity contribution is 0.191. The van der Waals surface area contributed by atoms with Crippen LogP contribution in [0, 0.1) is 0 Å². The fourth-order valence-electron chi connectivity index (χ4n) is 1.95. The van der Waals surface area contributed by atoms with Gasteiger partial charge in [0.1, 0.15) is 0 Å². The third kappa shape index (κ3) is 16.8. The molecule has 0 saturated heterocycles. The zero-order valence-electron chi connectivity index (χ0n) is 12.4. The molecule has 0 aromatic heterocycles. The van der Waals surface area contributed by atoms with Crippen molar-refractivity contribution in [3.8, 4) is 0 Å². The average molecular weight is 266 g/mol. The lowest BCUT2D eigenvalue weighted by atomic mass is 10.1. The Morgan fingerprint density at radius 3 is 1.89 bits per heavy atom. The Labute approximate surface area is 118 Å². The molecule has 0 spiro atoms. The van der Waals surface area contributed by atoms with Crippen LogP contribution in [0.2, 0.25) is 0 Å². The number of unbranched alkanes of at least 4 members (excludes halogenated alkanes) is 9. The van der Waals surface area contributed by atoms with Gasteiger partial charge >= 0.3 is 0 Å². The van der Waals surface area contributed by atoms with Crippen molar-refractivity contribution in [3.63, 3.8) is 0 Å². The van der Waals surface area contributed by atoms with Crippen LogP contribution in [0.4, 0.5) is 0 Å². The molecule has 0 aliphatic heterocycles. The molecule has 0 atom stereocenters. The van der Waals surface area contributed by atoms with Crippen molar-refractivity contribution in [3.05, 3.63) is 36.3 Å². The highest BCUT2D eigenvalue weighted by Crippen LogP contribution is 2.10. The molecule has 0 amide bonds. The second-order valence-electron chi connectivity index (χ2n) is 4.96. The molecule has 0 aliphatic rings. The Balaban J connectivity index is 3.20. The highest BCUT2D eigenvalue weighted by atomic mass is 16.5. The summed E-state index contributed by atoms with van der Waals surface area (Å²) in [6, 6.07) is 0. The van der Waals surface area contributed by atoms with Gasteiger partial charge in [0.25, 0.3) is 5.95 Å². The van der Waals surface area contributed by atoms with Crippen molar-refractivity contribution in [1.29, 1.82) is 0 Å². The Morgan fingerprint density at radius 2 is 1.32 bits per heavy atom. The van der Waals surface area contributed by atoms with Crippen molar-refractivity contribution in [1.82, 2.24) is 0 Å². The smallest absolute Gasteiger partial charge is 0.274 e. The van der Waals surface area contributed by atoms with Gasteiger partial charge in [0.15, 0.2) is 0 Å². The molecule has 0 heterocycles. The minimum Gasteiger partial charge on any atom is -0.481 e. The summed E-state index contributed by atoms with van der Waals surface area (Å²) in [7, 11) is 0. The first kappa shape index (κ1) is 17.8. The van der Waals surface area contributed by atoms with E-state index in [9.17, 15) is 0 Å². The predicted molar refractivity (Wildman–Crippen MR) is 83.5 cm³/mol. The van der Waals surface area contributed by atoms with Gasteiger partial charge in [-0.05, 0) is 12.8 Å².